The average Bonchev–Trinajstić information content (AvgIpc) is 2.45. The number of nitrogens with one attached hydrogen (secondary N) is 3. The Hall–Kier alpha value is -1.10. The van der Waals surface area contributed by atoms with Crippen LogP contribution in [0.2, 0.25) is 0 Å². The van der Waals surface area contributed by atoms with E-state index in [4.69, 9.17) is 0 Å². The molecule has 0 bridgehead atoms. The highest BCUT2D eigenvalue weighted by Gasteiger charge is 2.37. The molecule has 2 amide bonds. The Bertz CT molecular complexity index is 299. The number of amides is 2. The van der Waals surface area contributed by atoms with Crippen molar-refractivity contribution in [2.45, 2.75) is 46.0 Å². The van der Waals surface area contributed by atoms with Gasteiger partial charge in [0.1, 0.15) is 0 Å². The summed E-state index contributed by atoms with van der Waals surface area (Å²) in [6.07, 6.45) is 4.11. The van der Waals surface area contributed by atoms with Crippen molar-refractivity contribution in [2.24, 2.45) is 5.41 Å². The molecule has 1 aliphatic rings. The minimum Gasteiger partial charge on any atom is -0.356 e. The van der Waals surface area contributed by atoms with Crippen LogP contribution in [0.25, 0.3) is 0 Å². The van der Waals surface area contributed by atoms with Crippen molar-refractivity contribution >= 4 is 11.8 Å². The van der Waals surface area contributed by atoms with Crippen molar-refractivity contribution in [3.63, 3.8) is 0 Å². The van der Waals surface area contributed by atoms with E-state index in [9.17, 15) is 9.59 Å². The molecule has 1 rings (SSSR count). The predicted octanol–water partition coefficient (Wildman–Crippen LogP) is 0.799. The van der Waals surface area contributed by atoms with E-state index in [1.165, 1.54) is 0 Å². The van der Waals surface area contributed by atoms with Gasteiger partial charge in [0.25, 0.3) is 0 Å². The molecule has 110 valence electrons. The third-order valence-corrected chi connectivity index (χ3v) is 3.84. The molecule has 1 heterocycles. The first-order valence-electron chi connectivity index (χ1n) is 7.40. The Morgan fingerprint density at radius 1 is 1.21 bits per heavy atom. The second kappa shape index (κ2) is 8.15. The van der Waals surface area contributed by atoms with E-state index in [0.29, 0.717) is 19.5 Å². The van der Waals surface area contributed by atoms with Crippen LogP contribution in [0.1, 0.15) is 46.0 Å². The molecule has 0 aliphatic carbocycles. The molecular formula is C14H27N3O2. The van der Waals surface area contributed by atoms with Crippen molar-refractivity contribution in [1.82, 2.24) is 16.0 Å². The van der Waals surface area contributed by atoms with Gasteiger partial charge in [-0.3, -0.25) is 9.59 Å². The van der Waals surface area contributed by atoms with E-state index in [1.807, 2.05) is 6.92 Å². The fraction of sp³-hybridized carbons (Fsp3) is 0.857. The van der Waals surface area contributed by atoms with Crippen LogP contribution in [0.15, 0.2) is 0 Å². The quantitative estimate of drug-likeness (QED) is 0.640. The number of carbonyl (C=O) groups is 2. The lowest BCUT2D eigenvalue weighted by molar-refractivity contribution is -0.132. The SMILES string of the molecule is CCCNC(=O)CCNC(=O)C1(CC)CCCNC1. The van der Waals surface area contributed by atoms with Gasteiger partial charge in [-0.25, -0.2) is 0 Å². The summed E-state index contributed by atoms with van der Waals surface area (Å²) in [5.41, 5.74) is -0.280. The summed E-state index contributed by atoms with van der Waals surface area (Å²) in [6.45, 7) is 6.95. The van der Waals surface area contributed by atoms with Gasteiger partial charge in [-0.05, 0) is 32.2 Å². The molecule has 5 nitrogen and oxygen atoms in total. The van der Waals surface area contributed by atoms with Gasteiger partial charge in [-0.2, -0.15) is 0 Å². The second-order valence-electron chi connectivity index (χ2n) is 5.27. The average molecular weight is 269 g/mol. The summed E-state index contributed by atoms with van der Waals surface area (Å²) >= 11 is 0. The molecule has 0 saturated carbocycles. The summed E-state index contributed by atoms with van der Waals surface area (Å²) in [4.78, 5) is 23.7. The zero-order valence-corrected chi connectivity index (χ0v) is 12.2. The third kappa shape index (κ3) is 4.82. The van der Waals surface area contributed by atoms with Crippen LogP contribution in [0.4, 0.5) is 0 Å². The Kier molecular flexibility index (Phi) is 6.84. The minimum absolute atomic E-state index is 0.00877. The van der Waals surface area contributed by atoms with Crippen molar-refractivity contribution < 1.29 is 9.59 Å². The number of hydrogen-bond donors (Lipinski definition) is 3. The standard InChI is InChI=1S/C14H27N3O2/c1-3-8-16-12(18)6-10-17-13(19)14(4-2)7-5-9-15-11-14/h15H,3-11H2,1-2H3,(H,16,18)(H,17,19). The molecule has 19 heavy (non-hydrogen) atoms. The summed E-state index contributed by atoms with van der Waals surface area (Å²) < 4.78 is 0. The van der Waals surface area contributed by atoms with Crippen LogP contribution in [-0.2, 0) is 9.59 Å². The van der Waals surface area contributed by atoms with Crippen molar-refractivity contribution in [2.75, 3.05) is 26.2 Å². The third-order valence-electron chi connectivity index (χ3n) is 3.84. The van der Waals surface area contributed by atoms with Gasteiger partial charge in [0.2, 0.25) is 11.8 Å². The maximum atomic E-state index is 12.3. The maximum Gasteiger partial charge on any atom is 0.227 e. The number of rotatable bonds is 7. The molecule has 5 heteroatoms. The lowest BCUT2D eigenvalue weighted by atomic mass is 9.77. The molecule has 0 aromatic heterocycles. The zero-order chi connectivity index (χ0) is 14.1. The van der Waals surface area contributed by atoms with Gasteiger partial charge in [0.05, 0.1) is 5.41 Å². The van der Waals surface area contributed by atoms with Crippen molar-refractivity contribution in [3.8, 4) is 0 Å². The summed E-state index contributed by atoms with van der Waals surface area (Å²) in [5.74, 6) is 0.0972. The fourth-order valence-electron chi connectivity index (χ4n) is 2.45. The minimum atomic E-state index is -0.280. The lowest BCUT2D eigenvalue weighted by Crippen LogP contribution is -2.50. The normalized spacial score (nSPS) is 22.8. The molecular weight excluding hydrogens is 242 g/mol. The molecule has 1 saturated heterocycles. The summed E-state index contributed by atoms with van der Waals surface area (Å²) in [7, 11) is 0. The van der Waals surface area contributed by atoms with E-state index in [-0.39, 0.29) is 17.2 Å². The molecule has 0 spiro atoms. The van der Waals surface area contributed by atoms with Gasteiger partial charge in [-0.15, -0.1) is 0 Å². The Labute approximate surface area is 115 Å². The van der Waals surface area contributed by atoms with Crippen LogP contribution in [0.5, 0.6) is 0 Å². The van der Waals surface area contributed by atoms with Gasteiger partial charge >= 0.3 is 0 Å². The number of carbonyl (C=O) groups excluding carboxylic acids is 2. The first-order valence-corrected chi connectivity index (χ1v) is 7.40. The molecule has 0 aromatic rings. The van der Waals surface area contributed by atoms with E-state index in [1.54, 1.807) is 0 Å². The van der Waals surface area contributed by atoms with Gasteiger partial charge in [0.15, 0.2) is 0 Å². The van der Waals surface area contributed by atoms with Gasteiger partial charge in [-0.1, -0.05) is 13.8 Å². The molecule has 0 aromatic carbocycles. The zero-order valence-electron chi connectivity index (χ0n) is 12.2. The Balaban J connectivity index is 2.31. The predicted molar refractivity (Wildman–Crippen MR) is 75.8 cm³/mol. The van der Waals surface area contributed by atoms with E-state index >= 15 is 0 Å². The monoisotopic (exact) mass is 269 g/mol. The maximum absolute atomic E-state index is 12.3. The van der Waals surface area contributed by atoms with Crippen LogP contribution in [-0.4, -0.2) is 38.0 Å². The first-order chi connectivity index (χ1) is 9.14. The molecule has 1 atom stereocenters. The fourth-order valence-corrected chi connectivity index (χ4v) is 2.45. The van der Waals surface area contributed by atoms with E-state index < -0.39 is 0 Å². The van der Waals surface area contributed by atoms with Crippen LogP contribution in [0.3, 0.4) is 0 Å². The van der Waals surface area contributed by atoms with Gasteiger partial charge < -0.3 is 16.0 Å². The number of piperidine rings is 1. The van der Waals surface area contributed by atoms with E-state index in [2.05, 4.69) is 22.9 Å². The summed E-state index contributed by atoms with van der Waals surface area (Å²) in [6, 6.07) is 0. The highest BCUT2D eigenvalue weighted by atomic mass is 16.2. The molecule has 1 unspecified atom stereocenters. The van der Waals surface area contributed by atoms with Gasteiger partial charge in [0, 0.05) is 26.1 Å². The van der Waals surface area contributed by atoms with Crippen molar-refractivity contribution in [1.29, 1.82) is 0 Å². The smallest absolute Gasteiger partial charge is 0.227 e. The highest BCUT2D eigenvalue weighted by Crippen LogP contribution is 2.30. The van der Waals surface area contributed by atoms with Crippen LogP contribution < -0.4 is 16.0 Å². The highest BCUT2D eigenvalue weighted by molar-refractivity contribution is 5.83. The van der Waals surface area contributed by atoms with E-state index in [0.717, 1.165) is 38.8 Å². The van der Waals surface area contributed by atoms with Crippen molar-refractivity contribution in [3.05, 3.63) is 0 Å². The summed E-state index contributed by atoms with van der Waals surface area (Å²) in [5, 5.41) is 9.01. The topological polar surface area (TPSA) is 70.2 Å². The Morgan fingerprint density at radius 3 is 2.58 bits per heavy atom. The van der Waals surface area contributed by atoms with Crippen LogP contribution >= 0.6 is 0 Å². The lowest BCUT2D eigenvalue weighted by Gasteiger charge is -2.35. The number of hydrogen-bond acceptors (Lipinski definition) is 3. The largest absolute Gasteiger partial charge is 0.356 e. The molecule has 3 N–H and O–H groups in total. The molecule has 0 radical (unpaired) electrons. The Morgan fingerprint density at radius 2 is 2.00 bits per heavy atom. The second-order valence-corrected chi connectivity index (χ2v) is 5.27. The molecule has 1 aliphatic heterocycles. The first kappa shape index (κ1) is 16.0. The molecule has 1 fully saturated rings. The van der Waals surface area contributed by atoms with Crippen LogP contribution in [0, 0.1) is 5.41 Å².